The van der Waals surface area contributed by atoms with Gasteiger partial charge in [-0.25, -0.2) is 0 Å². The Morgan fingerprint density at radius 2 is 2.05 bits per heavy atom. The van der Waals surface area contributed by atoms with E-state index in [0.717, 1.165) is 29.6 Å². The maximum atomic E-state index is 5.71. The van der Waals surface area contributed by atoms with E-state index in [4.69, 9.17) is 10.3 Å². The Kier molecular flexibility index (Phi) is 5.10. The molecule has 0 radical (unpaired) electrons. The number of halogens is 1. The minimum absolute atomic E-state index is 0.227. The Hall–Kier alpha value is -1.20. The fourth-order valence-electron chi connectivity index (χ4n) is 1.82. The van der Waals surface area contributed by atoms with Crippen LogP contribution < -0.4 is 5.73 Å². The Bertz CT molecular complexity index is 508. The van der Waals surface area contributed by atoms with Crippen molar-refractivity contribution in [1.29, 1.82) is 0 Å². The van der Waals surface area contributed by atoms with Gasteiger partial charge in [-0.15, -0.1) is 0 Å². The third-order valence-corrected chi connectivity index (χ3v) is 3.36. The highest BCUT2D eigenvalue weighted by atomic mass is 79.9. The zero-order valence-corrected chi connectivity index (χ0v) is 12.6. The fourth-order valence-corrected chi connectivity index (χ4v) is 2.09. The summed E-state index contributed by atoms with van der Waals surface area (Å²) in [5.74, 6) is 1.44. The van der Waals surface area contributed by atoms with E-state index in [1.165, 1.54) is 5.56 Å². The first-order valence-corrected chi connectivity index (χ1v) is 7.24. The summed E-state index contributed by atoms with van der Waals surface area (Å²) in [4.78, 5) is 4.39. The maximum absolute atomic E-state index is 5.71. The van der Waals surface area contributed by atoms with Crippen LogP contribution in [0.2, 0.25) is 0 Å². The Balaban J connectivity index is 1.88. The summed E-state index contributed by atoms with van der Waals surface area (Å²) in [5.41, 5.74) is 6.88. The van der Waals surface area contributed by atoms with Crippen molar-refractivity contribution < 1.29 is 4.52 Å². The molecule has 2 aromatic rings. The quantitative estimate of drug-likeness (QED) is 0.887. The molecule has 1 aromatic carbocycles. The third-order valence-electron chi connectivity index (χ3n) is 2.84. The lowest BCUT2D eigenvalue weighted by atomic mass is 10.1. The van der Waals surface area contributed by atoms with Crippen molar-refractivity contribution in [2.24, 2.45) is 5.73 Å². The topological polar surface area (TPSA) is 64.9 Å². The van der Waals surface area contributed by atoms with Gasteiger partial charge in [0.05, 0.1) is 0 Å². The Morgan fingerprint density at radius 3 is 2.74 bits per heavy atom. The first-order valence-electron chi connectivity index (χ1n) is 6.45. The van der Waals surface area contributed by atoms with E-state index in [2.05, 4.69) is 38.2 Å². The van der Waals surface area contributed by atoms with Crippen LogP contribution in [-0.4, -0.2) is 16.2 Å². The molecule has 1 atom stereocenters. The van der Waals surface area contributed by atoms with Gasteiger partial charge in [0.1, 0.15) is 0 Å². The third kappa shape index (κ3) is 4.76. The molecule has 2 rings (SSSR count). The monoisotopic (exact) mass is 323 g/mol. The van der Waals surface area contributed by atoms with Crippen molar-refractivity contribution in [2.75, 3.05) is 0 Å². The molecule has 19 heavy (non-hydrogen) atoms. The maximum Gasteiger partial charge on any atom is 0.226 e. The van der Waals surface area contributed by atoms with Crippen molar-refractivity contribution in [3.05, 3.63) is 46.0 Å². The molecule has 2 N–H and O–H groups in total. The Labute approximate surface area is 121 Å². The van der Waals surface area contributed by atoms with Crippen LogP contribution in [0.5, 0.6) is 0 Å². The van der Waals surface area contributed by atoms with Crippen molar-refractivity contribution >= 4 is 15.9 Å². The van der Waals surface area contributed by atoms with Crippen molar-refractivity contribution in [3.63, 3.8) is 0 Å². The molecule has 0 amide bonds. The number of benzene rings is 1. The van der Waals surface area contributed by atoms with Crippen LogP contribution in [0.15, 0.2) is 33.3 Å². The largest absolute Gasteiger partial charge is 0.339 e. The molecule has 0 aliphatic heterocycles. The van der Waals surface area contributed by atoms with Gasteiger partial charge in [0.25, 0.3) is 0 Å². The van der Waals surface area contributed by atoms with Crippen LogP contribution in [0.4, 0.5) is 0 Å². The molecule has 0 spiro atoms. The van der Waals surface area contributed by atoms with Crippen molar-refractivity contribution in [1.82, 2.24) is 10.1 Å². The summed E-state index contributed by atoms with van der Waals surface area (Å²) in [6, 6.07) is 8.36. The average Bonchev–Trinajstić information content (AvgIpc) is 2.79. The predicted octanol–water partition coefficient (Wildman–Crippen LogP) is 3.09. The molecule has 0 saturated carbocycles. The number of hydrogen-bond acceptors (Lipinski definition) is 4. The summed E-state index contributed by atoms with van der Waals surface area (Å²) in [5, 5.41) is 4.00. The second kappa shape index (κ2) is 6.82. The van der Waals surface area contributed by atoms with Crippen molar-refractivity contribution in [2.45, 2.75) is 38.6 Å². The highest BCUT2D eigenvalue weighted by Crippen LogP contribution is 2.13. The Morgan fingerprint density at radius 1 is 1.32 bits per heavy atom. The number of nitrogens with zero attached hydrogens (tertiary/aromatic N) is 2. The summed E-state index contributed by atoms with van der Waals surface area (Å²) in [6.07, 6.45) is 3.46. The molecule has 0 aliphatic rings. The van der Waals surface area contributed by atoms with E-state index in [1.54, 1.807) is 0 Å². The first-order chi connectivity index (χ1) is 9.13. The van der Waals surface area contributed by atoms with Gasteiger partial charge in [-0.2, -0.15) is 4.98 Å². The van der Waals surface area contributed by atoms with Gasteiger partial charge in [0, 0.05) is 23.4 Å². The standard InChI is InChI=1S/C14H18BrN3O/c1-10(16)3-2-4-14-17-13(18-19-14)9-11-5-7-12(15)8-6-11/h5-8,10H,2-4,9,16H2,1H3. The van der Waals surface area contributed by atoms with Crippen LogP contribution in [0.25, 0.3) is 0 Å². The lowest BCUT2D eigenvalue weighted by molar-refractivity contribution is 0.368. The second-order valence-electron chi connectivity index (χ2n) is 4.78. The van der Waals surface area contributed by atoms with Gasteiger partial charge in [-0.3, -0.25) is 0 Å². The molecule has 1 unspecified atom stereocenters. The minimum Gasteiger partial charge on any atom is -0.339 e. The molecular weight excluding hydrogens is 306 g/mol. The smallest absolute Gasteiger partial charge is 0.226 e. The van der Waals surface area contributed by atoms with E-state index in [1.807, 2.05) is 19.1 Å². The molecule has 0 fully saturated rings. The average molecular weight is 324 g/mol. The normalized spacial score (nSPS) is 12.6. The summed E-state index contributed by atoms with van der Waals surface area (Å²) in [6.45, 7) is 2.01. The molecule has 4 nitrogen and oxygen atoms in total. The molecule has 1 heterocycles. The van der Waals surface area contributed by atoms with E-state index >= 15 is 0 Å². The van der Waals surface area contributed by atoms with Crippen molar-refractivity contribution in [3.8, 4) is 0 Å². The van der Waals surface area contributed by atoms with Crippen LogP contribution in [0, 0.1) is 0 Å². The molecule has 1 aromatic heterocycles. The van der Waals surface area contributed by atoms with Gasteiger partial charge in [0.2, 0.25) is 5.89 Å². The zero-order valence-electron chi connectivity index (χ0n) is 11.0. The predicted molar refractivity (Wildman–Crippen MR) is 77.8 cm³/mol. The van der Waals surface area contributed by atoms with E-state index < -0.39 is 0 Å². The number of rotatable bonds is 6. The molecule has 5 heteroatoms. The van der Waals surface area contributed by atoms with E-state index in [9.17, 15) is 0 Å². The number of aryl methyl sites for hydroxylation is 1. The van der Waals surface area contributed by atoms with Gasteiger partial charge in [0.15, 0.2) is 5.82 Å². The fraction of sp³-hybridized carbons (Fsp3) is 0.429. The number of aromatic nitrogens is 2. The highest BCUT2D eigenvalue weighted by Gasteiger charge is 2.07. The first kappa shape index (κ1) is 14.2. The molecule has 0 bridgehead atoms. The summed E-state index contributed by atoms with van der Waals surface area (Å²) < 4.78 is 6.30. The van der Waals surface area contributed by atoms with Gasteiger partial charge in [-0.05, 0) is 37.5 Å². The minimum atomic E-state index is 0.227. The lowest BCUT2D eigenvalue weighted by Crippen LogP contribution is -2.14. The van der Waals surface area contributed by atoms with Gasteiger partial charge in [-0.1, -0.05) is 33.2 Å². The summed E-state index contributed by atoms with van der Waals surface area (Å²) >= 11 is 3.42. The van der Waals surface area contributed by atoms with E-state index in [0.29, 0.717) is 12.3 Å². The molecule has 0 aliphatic carbocycles. The van der Waals surface area contributed by atoms with E-state index in [-0.39, 0.29) is 6.04 Å². The molecule has 102 valence electrons. The lowest BCUT2D eigenvalue weighted by Gasteiger charge is -2.00. The highest BCUT2D eigenvalue weighted by molar-refractivity contribution is 9.10. The van der Waals surface area contributed by atoms with Crippen LogP contribution in [-0.2, 0) is 12.8 Å². The zero-order chi connectivity index (χ0) is 13.7. The number of nitrogens with two attached hydrogens (primary N) is 1. The van der Waals surface area contributed by atoms with Gasteiger partial charge < -0.3 is 10.3 Å². The molecular formula is C14H18BrN3O. The van der Waals surface area contributed by atoms with Crippen LogP contribution >= 0.6 is 15.9 Å². The van der Waals surface area contributed by atoms with Crippen LogP contribution in [0.3, 0.4) is 0 Å². The molecule has 0 saturated heterocycles. The second-order valence-corrected chi connectivity index (χ2v) is 5.69. The van der Waals surface area contributed by atoms with Gasteiger partial charge >= 0.3 is 0 Å². The summed E-state index contributed by atoms with van der Waals surface area (Å²) in [7, 11) is 0. The SMILES string of the molecule is CC(N)CCCc1nc(Cc2ccc(Br)cc2)no1. The van der Waals surface area contributed by atoms with Crippen LogP contribution in [0.1, 0.15) is 37.0 Å². The number of hydrogen-bond donors (Lipinski definition) is 1.